The molecule has 0 bridgehead atoms. The van der Waals surface area contributed by atoms with Gasteiger partial charge in [0, 0.05) is 30.7 Å². The Morgan fingerprint density at radius 1 is 0.846 bits per heavy atom. The predicted molar refractivity (Wildman–Crippen MR) is 101 cm³/mol. The molecule has 0 atom stereocenters. The Morgan fingerprint density at radius 3 is 1.77 bits per heavy atom. The molecule has 0 saturated carbocycles. The first kappa shape index (κ1) is 26.3. The molecule has 146 valence electrons. The summed E-state index contributed by atoms with van der Waals surface area (Å²) in [5.74, 6) is -1.53. The van der Waals surface area contributed by atoms with Crippen LogP contribution in [-0.2, 0) is 20.9 Å². The van der Waals surface area contributed by atoms with E-state index in [1.165, 1.54) is 57.9 Å². The summed E-state index contributed by atoms with van der Waals surface area (Å²) >= 11 is 0. The second-order valence-electron chi connectivity index (χ2n) is 5.74. The lowest BCUT2D eigenvalue weighted by Gasteiger charge is -2.00. The Balaban J connectivity index is 0. The molecule has 0 N–H and O–H groups in total. The molecule has 1 aromatic rings. The molecule has 1 heterocycles. The number of hydrogen-bond donors (Lipinski definition) is 0. The van der Waals surface area contributed by atoms with Crippen LogP contribution in [0.3, 0.4) is 0 Å². The molecule has 0 aliphatic carbocycles. The van der Waals surface area contributed by atoms with Gasteiger partial charge in [0.25, 0.3) is 0 Å². The van der Waals surface area contributed by atoms with Gasteiger partial charge < -0.3 is 17.1 Å². The number of halogens is 1. The fraction of sp³-hybridized carbons (Fsp3) is 0.476. The van der Waals surface area contributed by atoms with E-state index in [-0.39, 0.29) is 12.4 Å². The molecule has 5 heteroatoms. The van der Waals surface area contributed by atoms with Crippen molar-refractivity contribution in [3.63, 3.8) is 0 Å². The zero-order chi connectivity index (χ0) is 18.8. The van der Waals surface area contributed by atoms with Crippen molar-refractivity contribution < 1.29 is 31.3 Å². The van der Waals surface area contributed by atoms with Gasteiger partial charge in [-0.05, 0) is 6.42 Å². The molecule has 0 radical (unpaired) electrons. The van der Waals surface area contributed by atoms with Gasteiger partial charge in [0.15, 0.2) is 12.4 Å². The maximum Gasteiger partial charge on any atom is 0.338 e. The molecule has 0 unspecified atom stereocenters. The maximum absolute atomic E-state index is 10.2. The van der Waals surface area contributed by atoms with Gasteiger partial charge in [0.1, 0.15) is 6.54 Å². The molecule has 26 heavy (non-hydrogen) atoms. The number of aryl methyl sites for hydroxylation is 1. The number of esters is 2. The molecule has 0 spiro atoms. The number of rotatable bonds is 11. The SMILES string of the molecule is C=CC(=O)OC(=O)C=C.CCCCCCCCCC[n+]1ccccc1.[Cl-]. The highest BCUT2D eigenvalue weighted by Crippen LogP contribution is 2.08. The minimum Gasteiger partial charge on any atom is -1.00 e. The Kier molecular flexibility index (Phi) is 19.6. The minimum absolute atomic E-state index is 0. The molecule has 0 aromatic carbocycles. The van der Waals surface area contributed by atoms with Crippen LogP contribution in [-0.4, -0.2) is 11.9 Å². The van der Waals surface area contributed by atoms with Crippen LogP contribution < -0.4 is 17.0 Å². The second kappa shape index (κ2) is 19.4. The van der Waals surface area contributed by atoms with Gasteiger partial charge in [0.2, 0.25) is 0 Å². The summed E-state index contributed by atoms with van der Waals surface area (Å²) < 4.78 is 6.31. The van der Waals surface area contributed by atoms with Crippen molar-refractivity contribution in [1.29, 1.82) is 0 Å². The molecule has 0 aliphatic rings. The molecular weight excluding hydrogens is 350 g/mol. The van der Waals surface area contributed by atoms with E-state index < -0.39 is 11.9 Å². The Bertz CT molecular complexity index is 485. The van der Waals surface area contributed by atoms with Crippen LogP contribution in [0.25, 0.3) is 0 Å². The van der Waals surface area contributed by atoms with Gasteiger partial charge >= 0.3 is 11.9 Å². The monoisotopic (exact) mass is 381 g/mol. The van der Waals surface area contributed by atoms with Crippen molar-refractivity contribution in [1.82, 2.24) is 0 Å². The molecule has 4 nitrogen and oxygen atoms in total. The number of carbonyl (C=O) groups excluding carboxylic acids is 2. The van der Waals surface area contributed by atoms with Crippen molar-refractivity contribution in [2.24, 2.45) is 0 Å². The highest BCUT2D eigenvalue weighted by atomic mass is 35.5. The van der Waals surface area contributed by atoms with Gasteiger partial charge in [-0.2, -0.15) is 0 Å². The Labute approximate surface area is 164 Å². The highest BCUT2D eigenvalue weighted by Gasteiger charge is 1.99. The van der Waals surface area contributed by atoms with Crippen LogP contribution in [0, 0.1) is 0 Å². The first-order valence-electron chi connectivity index (χ1n) is 9.08. The van der Waals surface area contributed by atoms with Crippen LogP contribution in [0.5, 0.6) is 0 Å². The van der Waals surface area contributed by atoms with E-state index in [0.717, 1.165) is 12.2 Å². The van der Waals surface area contributed by atoms with Crippen molar-refractivity contribution >= 4 is 11.9 Å². The van der Waals surface area contributed by atoms with E-state index in [2.05, 4.69) is 60.0 Å². The van der Waals surface area contributed by atoms with Crippen LogP contribution in [0.2, 0.25) is 0 Å². The highest BCUT2D eigenvalue weighted by molar-refractivity contribution is 5.95. The number of aromatic nitrogens is 1. The van der Waals surface area contributed by atoms with Crippen LogP contribution in [0.1, 0.15) is 58.3 Å². The van der Waals surface area contributed by atoms with E-state index in [1.807, 2.05) is 0 Å². The van der Waals surface area contributed by atoms with Gasteiger partial charge in [-0.25, -0.2) is 14.2 Å². The molecule has 1 rings (SSSR count). The summed E-state index contributed by atoms with van der Waals surface area (Å²) in [6, 6.07) is 6.28. The quantitative estimate of drug-likeness (QED) is 0.192. The average molecular weight is 382 g/mol. The number of nitrogens with zero attached hydrogens (tertiary/aromatic N) is 1. The standard InChI is InChI=1S/C15H26N.C6H6O3.ClH/c1-2-3-4-5-6-7-8-10-13-16-14-11-9-12-15-16;1-3-5(7)9-6(8)4-2;/h9,11-12,14-15H,2-8,10,13H2,1H3;3-4H,1-2H2;1H/q+1;;/p-1. The van der Waals surface area contributed by atoms with Crippen molar-refractivity contribution in [3.8, 4) is 0 Å². The topological polar surface area (TPSA) is 47.3 Å². The molecule has 0 saturated heterocycles. The first-order chi connectivity index (χ1) is 12.1. The second-order valence-corrected chi connectivity index (χ2v) is 5.74. The number of hydrogen-bond acceptors (Lipinski definition) is 3. The van der Waals surface area contributed by atoms with Gasteiger partial charge in [-0.3, -0.25) is 0 Å². The van der Waals surface area contributed by atoms with E-state index in [9.17, 15) is 9.59 Å². The normalized spacial score (nSPS) is 9.12. The zero-order valence-corrected chi connectivity index (χ0v) is 16.6. The Hall–Kier alpha value is -1.94. The van der Waals surface area contributed by atoms with Crippen molar-refractivity contribution in [2.75, 3.05) is 0 Å². The van der Waals surface area contributed by atoms with Crippen molar-refractivity contribution in [2.45, 2.75) is 64.8 Å². The fourth-order valence-corrected chi connectivity index (χ4v) is 2.19. The van der Waals surface area contributed by atoms with E-state index >= 15 is 0 Å². The third-order valence-corrected chi connectivity index (χ3v) is 3.58. The van der Waals surface area contributed by atoms with Gasteiger partial charge in [0.05, 0.1) is 0 Å². The smallest absolute Gasteiger partial charge is 0.338 e. The third-order valence-electron chi connectivity index (χ3n) is 3.58. The molecule has 0 fully saturated rings. The number of unbranched alkanes of at least 4 members (excludes halogenated alkanes) is 7. The van der Waals surface area contributed by atoms with E-state index in [1.54, 1.807) is 0 Å². The van der Waals surface area contributed by atoms with Crippen LogP contribution in [0.4, 0.5) is 0 Å². The third kappa shape index (κ3) is 16.9. The molecular formula is C21H32ClNO3. The predicted octanol–water partition coefficient (Wildman–Crippen LogP) is 1.55. The lowest BCUT2D eigenvalue weighted by molar-refractivity contribution is -0.697. The molecule has 1 aromatic heterocycles. The molecule has 0 amide bonds. The summed E-state index contributed by atoms with van der Waals surface area (Å²) in [5.41, 5.74) is 0. The minimum atomic E-state index is -0.764. The first-order valence-corrected chi connectivity index (χ1v) is 9.08. The fourth-order valence-electron chi connectivity index (χ4n) is 2.19. The number of ether oxygens (including phenoxy) is 1. The van der Waals surface area contributed by atoms with Gasteiger partial charge in [-0.1, -0.05) is 64.7 Å². The summed E-state index contributed by atoms with van der Waals surface area (Å²) in [5, 5.41) is 0. The Morgan fingerprint density at radius 2 is 1.31 bits per heavy atom. The van der Waals surface area contributed by atoms with Crippen LogP contribution in [0.15, 0.2) is 55.9 Å². The summed E-state index contributed by atoms with van der Waals surface area (Å²) in [6.07, 6.45) is 17.3. The maximum atomic E-state index is 10.2. The average Bonchev–Trinajstić information content (AvgIpc) is 2.65. The zero-order valence-electron chi connectivity index (χ0n) is 15.9. The lowest BCUT2D eigenvalue weighted by Crippen LogP contribution is -3.00. The van der Waals surface area contributed by atoms with Gasteiger partial charge in [-0.15, -0.1) is 0 Å². The number of pyridine rings is 1. The number of carbonyl (C=O) groups is 2. The summed E-state index contributed by atoms with van der Waals surface area (Å²) in [4.78, 5) is 20.3. The van der Waals surface area contributed by atoms with Crippen molar-refractivity contribution in [3.05, 3.63) is 55.9 Å². The van der Waals surface area contributed by atoms with Crippen LogP contribution >= 0.6 is 0 Å². The largest absolute Gasteiger partial charge is 1.00 e. The van der Waals surface area contributed by atoms with E-state index in [4.69, 9.17) is 0 Å². The summed E-state index contributed by atoms with van der Waals surface area (Å²) in [6.45, 7) is 9.63. The summed E-state index contributed by atoms with van der Waals surface area (Å²) in [7, 11) is 0. The lowest BCUT2D eigenvalue weighted by atomic mass is 10.1. The molecule has 0 aliphatic heterocycles. The van der Waals surface area contributed by atoms with E-state index in [0.29, 0.717) is 0 Å².